The van der Waals surface area contributed by atoms with Gasteiger partial charge in [0.1, 0.15) is 19.3 Å². The van der Waals surface area contributed by atoms with E-state index in [-0.39, 0.29) is 25.7 Å². The zero-order valence-corrected chi connectivity index (χ0v) is 63.4. The molecule has 0 aromatic carbocycles. The molecule has 0 bridgehead atoms. The van der Waals surface area contributed by atoms with E-state index in [0.717, 1.165) is 114 Å². The number of phosphoric acid groups is 2. The van der Waals surface area contributed by atoms with Gasteiger partial charge in [-0.3, -0.25) is 37.3 Å². The number of unbranched alkanes of at least 4 members (excludes halogenated alkanes) is 37. The van der Waals surface area contributed by atoms with Crippen molar-refractivity contribution in [3.63, 3.8) is 0 Å². The number of hydrogen-bond donors (Lipinski definition) is 3. The topological polar surface area (TPSA) is 237 Å². The Morgan fingerprint density at radius 1 is 0.298 bits per heavy atom. The molecule has 0 aliphatic carbocycles. The predicted octanol–water partition coefficient (Wildman–Crippen LogP) is 21.7. The number of esters is 4. The van der Waals surface area contributed by atoms with Gasteiger partial charge in [-0.25, -0.2) is 9.13 Å². The van der Waals surface area contributed by atoms with Crippen LogP contribution < -0.4 is 0 Å². The van der Waals surface area contributed by atoms with Gasteiger partial charge in [0, 0.05) is 25.7 Å². The van der Waals surface area contributed by atoms with Crippen LogP contribution in [0.25, 0.3) is 0 Å². The number of phosphoric ester groups is 2. The van der Waals surface area contributed by atoms with Crippen LogP contribution in [0.2, 0.25) is 0 Å². The fraction of sp³-hybridized carbons (Fsp3) is 0.947. The van der Waals surface area contributed by atoms with Gasteiger partial charge in [-0.05, 0) is 49.4 Å². The Morgan fingerprint density at radius 3 is 0.755 bits per heavy atom. The Kier molecular flexibility index (Phi) is 63.1. The van der Waals surface area contributed by atoms with Gasteiger partial charge in [0.2, 0.25) is 0 Å². The molecule has 0 saturated carbocycles. The SMILES string of the molecule is CCC(C)CCCCCCCCC(=O)O[C@H](COC(=O)CCCCCCCCCCC(C)C)COP(=O)(O)OCC(O)COP(=O)(O)OC[C@@H](COC(=O)CCCCCCCCCCCCCCC(C)C)OC(=O)CCCCCCCCCCCCCCCCCC(C)C. The molecule has 0 heterocycles. The molecule has 0 aliphatic heterocycles. The molecule has 0 radical (unpaired) electrons. The van der Waals surface area contributed by atoms with Crippen molar-refractivity contribution < 1.29 is 80.2 Å². The van der Waals surface area contributed by atoms with Gasteiger partial charge in [-0.2, -0.15) is 0 Å². The summed E-state index contributed by atoms with van der Waals surface area (Å²) in [5, 5.41) is 10.6. The highest BCUT2D eigenvalue weighted by Crippen LogP contribution is 2.45. The van der Waals surface area contributed by atoms with Crippen LogP contribution in [0.4, 0.5) is 0 Å². The summed E-state index contributed by atoms with van der Waals surface area (Å²) in [4.78, 5) is 72.7. The van der Waals surface area contributed by atoms with Crippen LogP contribution in [-0.4, -0.2) is 96.7 Å². The van der Waals surface area contributed by atoms with Crippen molar-refractivity contribution in [2.24, 2.45) is 23.7 Å². The lowest BCUT2D eigenvalue weighted by Gasteiger charge is -2.21. The molecule has 94 heavy (non-hydrogen) atoms. The second-order valence-corrected chi connectivity index (χ2v) is 31.6. The van der Waals surface area contributed by atoms with Crippen molar-refractivity contribution >= 4 is 39.5 Å². The van der Waals surface area contributed by atoms with E-state index in [1.165, 1.54) is 180 Å². The van der Waals surface area contributed by atoms with Crippen LogP contribution in [-0.2, 0) is 65.4 Å². The fourth-order valence-electron chi connectivity index (χ4n) is 11.3. The van der Waals surface area contributed by atoms with E-state index in [9.17, 15) is 43.2 Å². The summed E-state index contributed by atoms with van der Waals surface area (Å²) in [5.41, 5.74) is 0. The van der Waals surface area contributed by atoms with E-state index in [0.29, 0.717) is 25.7 Å². The maximum atomic E-state index is 13.1. The van der Waals surface area contributed by atoms with Gasteiger partial charge in [-0.1, -0.05) is 325 Å². The van der Waals surface area contributed by atoms with E-state index in [4.69, 9.17) is 37.0 Å². The van der Waals surface area contributed by atoms with Crippen molar-refractivity contribution in [1.82, 2.24) is 0 Å². The summed E-state index contributed by atoms with van der Waals surface area (Å²) in [7, 11) is -9.91. The second kappa shape index (κ2) is 64.4. The van der Waals surface area contributed by atoms with Crippen molar-refractivity contribution in [3.05, 3.63) is 0 Å². The van der Waals surface area contributed by atoms with Crippen LogP contribution in [0.1, 0.15) is 376 Å². The Bertz CT molecular complexity index is 1850. The highest BCUT2D eigenvalue weighted by molar-refractivity contribution is 7.47. The summed E-state index contributed by atoms with van der Waals surface area (Å²) < 4.78 is 68.5. The standard InChI is InChI=1S/C75H146O17P2/c1-9-68(8)54-46-38-33-34-42-50-58-75(80)92-71(62-86-73(78)56-48-40-31-26-25-29-37-45-53-67(6)7)64-90-94(83,84)88-60-69(76)59-87-93(81,82)89-63-70(61-85-72(77)55-47-39-30-23-19-16-15-18-22-28-36-44-52-66(4)5)91-74(79)57-49-41-32-24-20-14-12-10-11-13-17-21-27-35-43-51-65(2)3/h65-71,76H,9-64H2,1-8H3,(H,81,82)(H,83,84)/t68?,69?,70-,71-/m1/s1. The summed E-state index contributed by atoms with van der Waals surface area (Å²) in [5.74, 6) is 0.906. The molecule has 0 fully saturated rings. The maximum absolute atomic E-state index is 13.1. The van der Waals surface area contributed by atoms with Gasteiger partial charge >= 0.3 is 39.5 Å². The first-order chi connectivity index (χ1) is 45.1. The molecule has 4 unspecified atom stereocenters. The van der Waals surface area contributed by atoms with Gasteiger partial charge in [0.15, 0.2) is 12.2 Å². The van der Waals surface area contributed by atoms with E-state index < -0.39 is 97.5 Å². The summed E-state index contributed by atoms with van der Waals surface area (Å²) in [6, 6.07) is 0. The van der Waals surface area contributed by atoms with Gasteiger partial charge < -0.3 is 33.8 Å². The minimum absolute atomic E-state index is 0.102. The molecule has 0 saturated heterocycles. The number of aliphatic hydroxyl groups excluding tert-OH is 1. The average Bonchev–Trinajstić information content (AvgIpc) is 2.33. The number of ether oxygens (including phenoxy) is 4. The molecule has 0 aliphatic rings. The quantitative estimate of drug-likeness (QED) is 0.0222. The molecule has 19 heteroatoms. The van der Waals surface area contributed by atoms with E-state index in [1.54, 1.807) is 0 Å². The lowest BCUT2D eigenvalue weighted by atomic mass is 10.00. The van der Waals surface area contributed by atoms with Crippen molar-refractivity contribution in [3.8, 4) is 0 Å². The lowest BCUT2D eigenvalue weighted by Crippen LogP contribution is -2.30. The normalized spacial score (nSPS) is 14.4. The third kappa shape index (κ3) is 67.3. The van der Waals surface area contributed by atoms with Gasteiger partial charge in [-0.15, -0.1) is 0 Å². The Hall–Kier alpha value is -1.94. The third-order valence-corrected chi connectivity index (χ3v) is 19.6. The second-order valence-electron chi connectivity index (χ2n) is 28.7. The molecule has 0 aromatic heterocycles. The smallest absolute Gasteiger partial charge is 0.462 e. The molecule has 3 N–H and O–H groups in total. The maximum Gasteiger partial charge on any atom is 0.472 e. The molecule has 558 valence electrons. The van der Waals surface area contributed by atoms with E-state index in [1.807, 2.05) is 0 Å². The summed E-state index contributed by atoms with van der Waals surface area (Å²) >= 11 is 0. The van der Waals surface area contributed by atoms with Crippen LogP contribution in [0, 0.1) is 23.7 Å². The number of carbonyl (C=O) groups excluding carboxylic acids is 4. The number of rotatable bonds is 72. The van der Waals surface area contributed by atoms with Crippen molar-refractivity contribution in [2.45, 2.75) is 395 Å². The average molecular weight is 1380 g/mol. The van der Waals surface area contributed by atoms with Crippen LogP contribution in [0.3, 0.4) is 0 Å². The van der Waals surface area contributed by atoms with Crippen LogP contribution in [0.15, 0.2) is 0 Å². The highest BCUT2D eigenvalue weighted by Gasteiger charge is 2.30. The first-order valence-electron chi connectivity index (χ1n) is 38.7. The molecule has 6 atom stereocenters. The molecule has 0 aromatic rings. The zero-order valence-electron chi connectivity index (χ0n) is 61.6. The Balaban J connectivity index is 5.24. The lowest BCUT2D eigenvalue weighted by molar-refractivity contribution is -0.161. The minimum Gasteiger partial charge on any atom is -0.462 e. The minimum atomic E-state index is -4.96. The molecular weight excluding hydrogens is 1230 g/mol. The van der Waals surface area contributed by atoms with Gasteiger partial charge in [0.05, 0.1) is 26.4 Å². The molecule has 17 nitrogen and oxygen atoms in total. The number of aliphatic hydroxyl groups is 1. The van der Waals surface area contributed by atoms with Crippen molar-refractivity contribution in [1.29, 1.82) is 0 Å². The molecular formula is C75H146O17P2. The molecule has 0 rings (SSSR count). The number of hydrogen-bond acceptors (Lipinski definition) is 15. The molecule has 0 spiro atoms. The first-order valence-corrected chi connectivity index (χ1v) is 41.7. The fourth-order valence-corrected chi connectivity index (χ4v) is 12.9. The largest absolute Gasteiger partial charge is 0.472 e. The van der Waals surface area contributed by atoms with E-state index >= 15 is 0 Å². The Labute approximate surface area is 575 Å². The summed E-state index contributed by atoms with van der Waals surface area (Å²) in [6.45, 7) is 14.1. The van der Waals surface area contributed by atoms with Crippen LogP contribution in [0.5, 0.6) is 0 Å². The van der Waals surface area contributed by atoms with Gasteiger partial charge in [0.25, 0.3) is 0 Å². The number of carbonyl (C=O) groups is 4. The van der Waals surface area contributed by atoms with Crippen LogP contribution >= 0.6 is 15.6 Å². The zero-order chi connectivity index (χ0) is 69.6. The van der Waals surface area contributed by atoms with Crippen molar-refractivity contribution in [2.75, 3.05) is 39.6 Å². The first kappa shape index (κ1) is 92.1. The van der Waals surface area contributed by atoms with E-state index in [2.05, 4.69) is 55.4 Å². The third-order valence-electron chi connectivity index (χ3n) is 17.7. The monoisotopic (exact) mass is 1380 g/mol. The summed E-state index contributed by atoms with van der Waals surface area (Å²) in [6.07, 6.45) is 48.7. The predicted molar refractivity (Wildman–Crippen MR) is 381 cm³/mol. The Morgan fingerprint density at radius 2 is 0.511 bits per heavy atom. The molecule has 0 amide bonds. The highest BCUT2D eigenvalue weighted by atomic mass is 31.2.